The summed E-state index contributed by atoms with van der Waals surface area (Å²) in [6, 6.07) is 26.7. The summed E-state index contributed by atoms with van der Waals surface area (Å²) in [5.74, 6) is 0. The first-order valence-corrected chi connectivity index (χ1v) is 17.9. The number of hydrogen-bond acceptors (Lipinski definition) is 8. The second kappa shape index (κ2) is 11.4. The topological polar surface area (TPSA) is 119 Å². The SMILES string of the molecule is O=S(=O)(Nc1ccc(SSc2ccc(NS(=O)(=O)c3cc4ccccc4o3)c(Cl)c2)cc1Cl)c1cc2ccccc2o1. The summed E-state index contributed by atoms with van der Waals surface area (Å²) in [6.07, 6.45) is 0. The fraction of sp³-hybridized carbons (Fsp3) is 0. The minimum absolute atomic E-state index is 0.202. The number of nitrogens with one attached hydrogen (secondary N) is 2. The highest BCUT2D eigenvalue weighted by atomic mass is 35.5. The number of benzene rings is 4. The van der Waals surface area contributed by atoms with Crippen LogP contribution in [-0.2, 0) is 20.0 Å². The first-order valence-electron chi connectivity index (χ1n) is 12.0. The van der Waals surface area contributed by atoms with Crippen LogP contribution >= 0.6 is 44.8 Å². The van der Waals surface area contributed by atoms with Crippen LogP contribution in [0.2, 0.25) is 10.0 Å². The van der Waals surface area contributed by atoms with Gasteiger partial charge < -0.3 is 8.83 Å². The van der Waals surface area contributed by atoms with E-state index in [1.165, 1.54) is 33.7 Å². The molecule has 0 unspecified atom stereocenters. The van der Waals surface area contributed by atoms with Gasteiger partial charge in [0.15, 0.2) is 0 Å². The first-order chi connectivity index (χ1) is 20.1. The van der Waals surface area contributed by atoms with Crippen molar-refractivity contribution in [1.82, 2.24) is 0 Å². The minimum Gasteiger partial charge on any atom is -0.443 e. The Morgan fingerprint density at radius 1 is 0.548 bits per heavy atom. The molecule has 6 rings (SSSR count). The van der Waals surface area contributed by atoms with E-state index in [0.29, 0.717) is 21.9 Å². The number of halogens is 2. The predicted molar refractivity (Wildman–Crippen MR) is 169 cm³/mol. The molecule has 8 nitrogen and oxygen atoms in total. The predicted octanol–water partition coefficient (Wildman–Crippen LogP) is 8.89. The summed E-state index contributed by atoms with van der Waals surface area (Å²) in [6.45, 7) is 0. The third kappa shape index (κ3) is 6.10. The van der Waals surface area contributed by atoms with Gasteiger partial charge in [-0.05, 0) is 48.5 Å². The van der Waals surface area contributed by atoms with Gasteiger partial charge in [0.1, 0.15) is 11.2 Å². The molecule has 0 atom stereocenters. The molecule has 0 bridgehead atoms. The summed E-state index contributed by atoms with van der Waals surface area (Å²) in [7, 11) is -5.26. The van der Waals surface area contributed by atoms with Crippen molar-refractivity contribution in [3.8, 4) is 0 Å². The van der Waals surface area contributed by atoms with Crippen LogP contribution in [-0.4, -0.2) is 16.8 Å². The second-order valence-corrected chi connectivity index (χ2v) is 15.2. The zero-order chi connectivity index (χ0) is 29.5. The normalized spacial score (nSPS) is 12.1. The van der Waals surface area contributed by atoms with Crippen LogP contribution in [0.5, 0.6) is 0 Å². The monoisotopic (exact) mass is 676 g/mol. The van der Waals surface area contributed by atoms with Crippen molar-refractivity contribution in [1.29, 1.82) is 0 Å². The molecule has 0 aliphatic rings. The number of hydrogen-bond donors (Lipinski definition) is 2. The highest BCUT2D eigenvalue weighted by Crippen LogP contribution is 2.42. The van der Waals surface area contributed by atoms with Crippen molar-refractivity contribution in [2.75, 3.05) is 9.44 Å². The maximum atomic E-state index is 12.9. The Hall–Kier alpha value is -3.26. The van der Waals surface area contributed by atoms with E-state index in [9.17, 15) is 16.8 Å². The molecule has 42 heavy (non-hydrogen) atoms. The van der Waals surface area contributed by atoms with Crippen molar-refractivity contribution in [2.24, 2.45) is 0 Å². The van der Waals surface area contributed by atoms with Crippen LogP contribution in [0.15, 0.2) is 126 Å². The summed E-state index contributed by atoms with van der Waals surface area (Å²) in [4.78, 5) is 1.50. The Morgan fingerprint density at radius 2 is 0.952 bits per heavy atom. The van der Waals surface area contributed by atoms with Gasteiger partial charge in [-0.2, -0.15) is 16.8 Å². The van der Waals surface area contributed by atoms with Gasteiger partial charge in [-0.25, -0.2) is 0 Å². The Balaban J connectivity index is 1.11. The number of anilines is 2. The van der Waals surface area contributed by atoms with E-state index in [0.717, 1.165) is 9.79 Å². The summed E-state index contributed by atoms with van der Waals surface area (Å²) < 4.78 is 67.3. The van der Waals surface area contributed by atoms with Gasteiger partial charge in [0.2, 0.25) is 10.2 Å². The molecule has 2 N–H and O–H groups in total. The van der Waals surface area contributed by atoms with Crippen molar-refractivity contribution < 1.29 is 25.7 Å². The van der Waals surface area contributed by atoms with Crippen molar-refractivity contribution in [2.45, 2.75) is 20.0 Å². The maximum absolute atomic E-state index is 12.9. The molecule has 0 fully saturated rings. The number of rotatable bonds is 9. The fourth-order valence-corrected chi connectivity index (χ4v) is 8.69. The molecule has 6 aromatic rings. The van der Waals surface area contributed by atoms with Gasteiger partial charge >= 0.3 is 0 Å². The highest BCUT2D eigenvalue weighted by molar-refractivity contribution is 8.76. The van der Waals surface area contributed by atoms with Gasteiger partial charge in [0, 0.05) is 32.7 Å². The molecule has 14 heteroatoms. The lowest BCUT2D eigenvalue weighted by Crippen LogP contribution is -2.12. The summed E-state index contributed by atoms with van der Waals surface area (Å²) >= 11 is 12.8. The van der Waals surface area contributed by atoms with Crippen LogP contribution in [0.3, 0.4) is 0 Å². The van der Waals surface area contributed by atoms with Gasteiger partial charge in [-0.15, -0.1) is 0 Å². The summed E-state index contributed by atoms with van der Waals surface area (Å²) in [5.41, 5.74) is 1.33. The zero-order valence-electron chi connectivity index (χ0n) is 21.1. The smallest absolute Gasteiger partial charge is 0.295 e. The molecule has 0 radical (unpaired) electrons. The average Bonchev–Trinajstić information content (AvgIpc) is 3.60. The standard InChI is InChI=1S/C28H18Cl2N2O6S4/c29-21-15-19(9-11-23(21)31-41(33,34)27-13-17-5-1-3-7-25(17)37-27)39-40-20-10-12-24(22(30)16-20)32-42(35,36)28-14-18-6-2-4-8-26(18)38-28/h1-16,31-32H. The van der Waals surface area contributed by atoms with Crippen LogP contribution in [0, 0.1) is 0 Å². The van der Waals surface area contributed by atoms with Crippen molar-refractivity contribution in [3.63, 3.8) is 0 Å². The Labute approximate surface area is 258 Å². The van der Waals surface area contributed by atoms with Gasteiger partial charge in [-0.3, -0.25) is 9.44 Å². The van der Waals surface area contributed by atoms with E-state index >= 15 is 0 Å². The highest BCUT2D eigenvalue weighted by Gasteiger charge is 2.22. The Bertz CT molecular complexity index is 1960. The van der Waals surface area contributed by atoms with E-state index < -0.39 is 20.0 Å². The third-order valence-corrected chi connectivity index (χ3v) is 11.4. The van der Waals surface area contributed by atoms with Gasteiger partial charge in [-0.1, -0.05) is 81.2 Å². The molecule has 0 amide bonds. The fourth-order valence-electron chi connectivity index (χ4n) is 3.93. The molecule has 0 saturated carbocycles. The van der Waals surface area contributed by atoms with E-state index in [4.69, 9.17) is 32.0 Å². The number of fused-ring (bicyclic) bond motifs is 2. The quantitative estimate of drug-likeness (QED) is 0.146. The minimum atomic E-state index is -4.00. The molecular weight excluding hydrogens is 659 g/mol. The molecule has 0 aliphatic carbocycles. The van der Waals surface area contributed by atoms with Gasteiger partial charge in [0.05, 0.1) is 21.4 Å². The van der Waals surface area contributed by atoms with Crippen molar-refractivity contribution >= 4 is 98.1 Å². The molecule has 0 aliphatic heterocycles. The number of sulfonamides is 2. The average molecular weight is 678 g/mol. The number of para-hydroxylation sites is 2. The lowest BCUT2D eigenvalue weighted by Gasteiger charge is -2.10. The van der Waals surface area contributed by atoms with Crippen LogP contribution in [0.25, 0.3) is 21.9 Å². The summed E-state index contributed by atoms with van der Waals surface area (Å²) in [5, 5.41) is 1.32. The van der Waals surface area contributed by atoms with Crippen LogP contribution < -0.4 is 9.44 Å². The first kappa shape index (κ1) is 28.8. The van der Waals surface area contributed by atoms with E-state index in [1.54, 1.807) is 84.9 Å². The largest absolute Gasteiger partial charge is 0.443 e. The van der Waals surface area contributed by atoms with E-state index in [1.807, 2.05) is 0 Å². The third-order valence-electron chi connectivity index (χ3n) is 5.94. The number of furan rings is 2. The molecule has 4 aromatic carbocycles. The van der Waals surface area contributed by atoms with E-state index in [2.05, 4.69) is 9.44 Å². The van der Waals surface area contributed by atoms with Crippen LogP contribution in [0.1, 0.15) is 0 Å². The Morgan fingerprint density at radius 3 is 1.33 bits per heavy atom. The van der Waals surface area contributed by atoms with E-state index in [-0.39, 0.29) is 31.6 Å². The second-order valence-electron chi connectivity index (χ2n) is 8.87. The maximum Gasteiger partial charge on any atom is 0.295 e. The molecular formula is C28H18Cl2N2O6S4. The lowest BCUT2D eigenvalue weighted by molar-refractivity contribution is 0.484. The Kier molecular flexibility index (Phi) is 7.85. The zero-order valence-corrected chi connectivity index (χ0v) is 25.9. The van der Waals surface area contributed by atoms with Gasteiger partial charge in [0.25, 0.3) is 20.0 Å². The van der Waals surface area contributed by atoms with Crippen molar-refractivity contribution in [3.05, 3.63) is 107 Å². The molecule has 2 aromatic heterocycles. The molecule has 2 heterocycles. The molecule has 214 valence electrons. The van der Waals surface area contributed by atoms with Crippen LogP contribution in [0.4, 0.5) is 11.4 Å². The molecule has 0 spiro atoms. The molecule has 0 saturated heterocycles. The lowest BCUT2D eigenvalue weighted by atomic mass is 10.3.